The number of hydrazone groups is 1. The molecule has 1 aliphatic rings. The van der Waals surface area contributed by atoms with E-state index in [1.54, 1.807) is 44.5 Å². The van der Waals surface area contributed by atoms with Crippen LogP contribution in [-0.4, -0.2) is 47.8 Å². The third-order valence-corrected chi connectivity index (χ3v) is 5.84. The van der Waals surface area contributed by atoms with Gasteiger partial charge in [0.05, 0.1) is 10.6 Å². The first kappa shape index (κ1) is 27.0. The van der Waals surface area contributed by atoms with Gasteiger partial charge in [-0.25, -0.2) is 5.84 Å². The average molecular weight is 474 g/mol. The summed E-state index contributed by atoms with van der Waals surface area (Å²) in [5.41, 5.74) is 2.20. The Hall–Kier alpha value is -3.08. The van der Waals surface area contributed by atoms with E-state index in [4.69, 9.17) is 11.7 Å². The number of nitrogens with zero attached hydrogens (tertiary/aromatic N) is 3. The Morgan fingerprint density at radius 2 is 1.88 bits per heavy atom. The standard InChI is InChI=1S/C13H15N5OS.C5H6S.C4H6O2/c1-16-10-7-11(20-13(17-14)18(2)15)12(19)9-6-4-3-5-8(9)10;1-5-3-2-4-6-5;1-2-4(6)3-5/h3-7H,14-15H2,1-2H3;2-4H,1H3;3H,2H2,1H3/b16-10?,17-13+;;. The Balaban J connectivity index is 0.000000348. The van der Waals surface area contributed by atoms with Gasteiger partial charge in [-0.3, -0.25) is 24.4 Å². The van der Waals surface area contributed by atoms with Crippen molar-refractivity contribution in [1.29, 1.82) is 0 Å². The lowest BCUT2D eigenvalue weighted by molar-refractivity contribution is -0.129. The maximum Gasteiger partial charge on any atom is 0.201 e. The van der Waals surface area contributed by atoms with E-state index in [0.29, 0.717) is 28.3 Å². The first-order valence-electron chi connectivity index (χ1n) is 9.53. The third kappa shape index (κ3) is 8.22. The number of amidine groups is 1. The van der Waals surface area contributed by atoms with Gasteiger partial charge in [0.15, 0.2) is 12.1 Å². The summed E-state index contributed by atoms with van der Waals surface area (Å²) in [4.78, 5) is 37.7. The fourth-order valence-corrected chi connectivity index (χ4v) is 3.59. The molecule has 0 saturated carbocycles. The highest BCUT2D eigenvalue weighted by Gasteiger charge is 2.25. The van der Waals surface area contributed by atoms with Gasteiger partial charge in [0.2, 0.25) is 11.0 Å². The first-order valence-corrected chi connectivity index (χ1v) is 11.2. The van der Waals surface area contributed by atoms with Crippen LogP contribution in [-0.2, 0) is 9.59 Å². The largest absolute Gasteiger partial charge is 0.321 e. The number of carbonyl (C=O) groups excluding carboxylic acids is 3. The van der Waals surface area contributed by atoms with Crippen molar-refractivity contribution in [3.63, 3.8) is 0 Å². The zero-order valence-electron chi connectivity index (χ0n) is 18.4. The molecule has 0 amide bonds. The number of thioether (sulfide) groups is 1. The second kappa shape index (κ2) is 14.1. The molecule has 0 unspecified atom stereocenters. The predicted molar refractivity (Wildman–Crippen MR) is 133 cm³/mol. The number of rotatable bonds is 3. The quantitative estimate of drug-likeness (QED) is 0.175. The molecule has 0 saturated heterocycles. The number of nitrogens with two attached hydrogens (primary N) is 2. The van der Waals surface area contributed by atoms with Gasteiger partial charge < -0.3 is 5.84 Å². The number of carbonyl (C=O) groups is 3. The zero-order valence-corrected chi connectivity index (χ0v) is 20.1. The molecule has 8 nitrogen and oxygen atoms in total. The first-order chi connectivity index (χ1) is 15.3. The predicted octanol–water partition coefficient (Wildman–Crippen LogP) is 3.18. The minimum Gasteiger partial charge on any atom is -0.321 e. The van der Waals surface area contributed by atoms with Gasteiger partial charge in [0, 0.05) is 36.5 Å². The van der Waals surface area contributed by atoms with Crippen LogP contribution in [0.5, 0.6) is 0 Å². The number of ketones is 2. The van der Waals surface area contributed by atoms with Gasteiger partial charge in [-0.1, -0.05) is 37.3 Å². The van der Waals surface area contributed by atoms with Crippen LogP contribution in [0.25, 0.3) is 0 Å². The van der Waals surface area contributed by atoms with Crippen LogP contribution in [0.4, 0.5) is 0 Å². The second-order valence-corrected chi connectivity index (χ2v) is 8.44. The summed E-state index contributed by atoms with van der Waals surface area (Å²) in [5.74, 6) is 10.5. The van der Waals surface area contributed by atoms with Crippen LogP contribution in [0.1, 0.15) is 34.1 Å². The molecule has 1 aromatic heterocycles. The van der Waals surface area contributed by atoms with Crippen molar-refractivity contribution >= 4 is 51.8 Å². The molecule has 4 N–H and O–H groups in total. The van der Waals surface area contributed by atoms with Crippen molar-refractivity contribution in [2.24, 2.45) is 21.8 Å². The van der Waals surface area contributed by atoms with Gasteiger partial charge in [-0.05, 0) is 36.2 Å². The topological polar surface area (TPSA) is 131 Å². The summed E-state index contributed by atoms with van der Waals surface area (Å²) >= 11 is 2.90. The molecule has 10 heteroatoms. The molecule has 3 rings (SSSR count). The normalized spacial score (nSPS) is 13.7. The van der Waals surface area contributed by atoms with Crippen molar-refractivity contribution in [2.45, 2.75) is 20.3 Å². The number of aryl methyl sites for hydroxylation is 1. The maximum atomic E-state index is 12.5. The summed E-state index contributed by atoms with van der Waals surface area (Å²) in [6, 6.07) is 11.5. The number of hydrogen-bond acceptors (Lipinski definition) is 9. The average Bonchev–Trinajstić information content (AvgIpc) is 3.29. The molecule has 0 bridgehead atoms. The SMILES string of the molecule is CCC(=O)C=O.CN=C1C=C(S/C(=N/N)N(C)N)C(=O)c2ccccc21.Cc1cccs1. The van der Waals surface area contributed by atoms with Gasteiger partial charge >= 0.3 is 0 Å². The van der Waals surface area contributed by atoms with Crippen LogP contribution < -0.4 is 11.7 Å². The van der Waals surface area contributed by atoms with E-state index in [2.05, 4.69) is 34.5 Å². The molecule has 0 spiro atoms. The molecule has 1 heterocycles. The number of allylic oxidation sites excluding steroid dienone is 2. The molecular formula is C22H27N5O3S2. The van der Waals surface area contributed by atoms with Crippen molar-refractivity contribution in [3.05, 3.63) is 68.8 Å². The molecule has 0 radical (unpaired) electrons. The smallest absolute Gasteiger partial charge is 0.201 e. The molecule has 0 atom stereocenters. The number of Topliss-reactive ketones (excluding diaryl/α,β-unsaturated/α-hetero) is 2. The zero-order chi connectivity index (χ0) is 24.1. The number of benzene rings is 1. The Bertz CT molecular complexity index is 1010. The highest BCUT2D eigenvalue weighted by molar-refractivity contribution is 8.17. The summed E-state index contributed by atoms with van der Waals surface area (Å²) < 4.78 is 0. The lowest BCUT2D eigenvalue weighted by Crippen LogP contribution is -2.32. The van der Waals surface area contributed by atoms with E-state index in [9.17, 15) is 14.4 Å². The van der Waals surface area contributed by atoms with Crippen molar-refractivity contribution in [3.8, 4) is 0 Å². The lowest BCUT2D eigenvalue weighted by atomic mass is 9.94. The number of aldehydes is 1. The molecule has 0 aliphatic heterocycles. The van der Waals surface area contributed by atoms with Crippen LogP contribution >= 0.6 is 23.1 Å². The van der Waals surface area contributed by atoms with Crippen LogP contribution in [0.2, 0.25) is 0 Å². The van der Waals surface area contributed by atoms with E-state index >= 15 is 0 Å². The molecule has 2 aromatic rings. The van der Waals surface area contributed by atoms with E-state index in [0.717, 1.165) is 23.0 Å². The molecule has 1 aliphatic carbocycles. The number of thiophene rings is 1. The lowest BCUT2D eigenvalue weighted by Gasteiger charge is -2.19. The minimum absolute atomic E-state index is 0.0824. The van der Waals surface area contributed by atoms with E-state index in [1.807, 2.05) is 18.2 Å². The summed E-state index contributed by atoms with van der Waals surface area (Å²) in [6.45, 7) is 3.75. The molecule has 170 valence electrons. The van der Waals surface area contributed by atoms with Crippen LogP contribution in [0.15, 0.2) is 62.9 Å². The number of aliphatic imine (C=N–C) groups is 1. The molecule has 1 aromatic carbocycles. The molecular weight excluding hydrogens is 446 g/mol. The Morgan fingerprint density at radius 1 is 1.22 bits per heavy atom. The number of fused-ring (bicyclic) bond motifs is 1. The monoisotopic (exact) mass is 473 g/mol. The van der Waals surface area contributed by atoms with Gasteiger partial charge in [0.1, 0.15) is 0 Å². The van der Waals surface area contributed by atoms with E-state index < -0.39 is 0 Å². The van der Waals surface area contributed by atoms with Crippen LogP contribution in [0.3, 0.4) is 0 Å². The van der Waals surface area contributed by atoms with E-state index in [-0.39, 0.29) is 11.6 Å². The third-order valence-electron chi connectivity index (χ3n) is 3.94. The molecule has 0 fully saturated rings. The van der Waals surface area contributed by atoms with Crippen molar-refractivity contribution in [2.75, 3.05) is 14.1 Å². The van der Waals surface area contributed by atoms with Gasteiger partial charge in [0.25, 0.3) is 0 Å². The number of hydrazine groups is 1. The number of hydrogen-bond donors (Lipinski definition) is 2. The summed E-state index contributed by atoms with van der Waals surface area (Å²) in [7, 11) is 3.29. The van der Waals surface area contributed by atoms with Gasteiger partial charge in [-0.15, -0.1) is 11.3 Å². The second-order valence-electron chi connectivity index (χ2n) is 6.28. The van der Waals surface area contributed by atoms with Gasteiger partial charge in [-0.2, -0.15) is 5.10 Å². The molecule has 32 heavy (non-hydrogen) atoms. The summed E-state index contributed by atoms with van der Waals surface area (Å²) in [6.07, 6.45) is 2.38. The fraction of sp³-hybridized carbons (Fsp3) is 0.227. The van der Waals surface area contributed by atoms with Crippen molar-refractivity contribution < 1.29 is 14.4 Å². The maximum absolute atomic E-state index is 12.5. The highest BCUT2D eigenvalue weighted by Crippen LogP contribution is 2.29. The highest BCUT2D eigenvalue weighted by atomic mass is 32.2. The Labute approximate surface area is 196 Å². The fourth-order valence-electron chi connectivity index (χ4n) is 2.30. The Kier molecular flexibility index (Phi) is 11.9. The van der Waals surface area contributed by atoms with E-state index in [1.165, 1.54) is 9.89 Å². The Morgan fingerprint density at radius 3 is 2.25 bits per heavy atom. The summed E-state index contributed by atoms with van der Waals surface area (Å²) in [5, 5.41) is 7.26. The minimum atomic E-state index is -0.338. The van der Waals surface area contributed by atoms with Crippen LogP contribution in [0, 0.1) is 6.92 Å². The van der Waals surface area contributed by atoms with Crippen molar-refractivity contribution in [1.82, 2.24) is 5.01 Å².